The van der Waals surface area contributed by atoms with E-state index in [0.29, 0.717) is 6.61 Å². The summed E-state index contributed by atoms with van der Waals surface area (Å²) < 4.78 is 5.45. The third-order valence-corrected chi connectivity index (χ3v) is 2.89. The maximum atomic E-state index is 6.25. The summed E-state index contributed by atoms with van der Waals surface area (Å²) in [6, 6.07) is 4.05. The van der Waals surface area contributed by atoms with Crippen molar-refractivity contribution in [2.75, 3.05) is 13.2 Å². The molecular weight excluding hydrogens is 233 g/mol. The SMILES string of the molecule is CCOc1ccc2c(c1Cl)CCNC2.Cl. The first-order valence-corrected chi connectivity index (χ1v) is 5.34. The van der Waals surface area contributed by atoms with Crippen LogP contribution in [-0.2, 0) is 13.0 Å². The van der Waals surface area contributed by atoms with Crippen molar-refractivity contribution in [2.45, 2.75) is 19.9 Å². The zero-order chi connectivity index (χ0) is 9.97. The molecule has 0 aliphatic carbocycles. The minimum absolute atomic E-state index is 0. The Morgan fingerprint density at radius 1 is 1.47 bits per heavy atom. The Balaban J connectivity index is 0.00000112. The Morgan fingerprint density at radius 2 is 2.27 bits per heavy atom. The van der Waals surface area contributed by atoms with E-state index in [1.165, 1.54) is 11.1 Å². The van der Waals surface area contributed by atoms with Gasteiger partial charge in [-0.3, -0.25) is 0 Å². The molecule has 1 aromatic carbocycles. The van der Waals surface area contributed by atoms with E-state index in [2.05, 4.69) is 11.4 Å². The number of hydrogen-bond acceptors (Lipinski definition) is 2. The number of ether oxygens (including phenoxy) is 1. The van der Waals surface area contributed by atoms with Gasteiger partial charge < -0.3 is 10.1 Å². The zero-order valence-corrected chi connectivity index (χ0v) is 10.3. The molecule has 0 atom stereocenters. The Hall–Kier alpha value is -0.440. The molecule has 0 fully saturated rings. The van der Waals surface area contributed by atoms with Crippen LogP contribution in [0, 0.1) is 0 Å². The van der Waals surface area contributed by atoms with E-state index >= 15 is 0 Å². The molecule has 1 N–H and O–H groups in total. The molecule has 15 heavy (non-hydrogen) atoms. The van der Waals surface area contributed by atoms with Gasteiger partial charge in [-0.2, -0.15) is 0 Å². The third-order valence-electron chi connectivity index (χ3n) is 2.47. The van der Waals surface area contributed by atoms with Crippen LogP contribution in [0.2, 0.25) is 5.02 Å². The summed E-state index contributed by atoms with van der Waals surface area (Å²) in [7, 11) is 0. The van der Waals surface area contributed by atoms with Crippen molar-refractivity contribution in [1.82, 2.24) is 5.32 Å². The highest BCUT2D eigenvalue weighted by atomic mass is 35.5. The molecule has 1 aromatic rings. The first-order chi connectivity index (χ1) is 6.83. The second-order valence-electron chi connectivity index (χ2n) is 3.38. The fraction of sp³-hybridized carbons (Fsp3) is 0.455. The Morgan fingerprint density at radius 3 is 3.00 bits per heavy atom. The van der Waals surface area contributed by atoms with Crippen LogP contribution in [0.25, 0.3) is 0 Å². The molecule has 0 saturated heterocycles. The van der Waals surface area contributed by atoms with E-state index in [1.54, 1.807) is 0 Å². The van der Waals surface area contributed by atoms with Gasteiger partial charge in [0, 0.05) is 6.54 Å². The monoisotopic (exact) mass is 247 g/mol. The molecule has 2 rings (SSSR count). The van der Waals surface area contributed by atoms with Crippen molar-refractivity contribution in [3.63, 3.8) is 0 Å². The Kier molecular flexibility index (Phi) is 4.71. The highest BCUT2D eigenvalue weighted by Crippen LogP contribution is 2.32. The van der Waals surface area contributed by atoms with E-state index < -0.39 is 0 Å². The van der Waals surface area contributed by atoms with Gasteiger partial charge in [-0.05, 0) is 37.1 Å². The first-order valence-electron chi connectivity index (χ1n) is 4.96. The normalized spacial score (nSPS) is 14.0. The molecular formula is C11H15Cl2NO. The van der Waals surface area contributed by atoms with Crippen LogP contribution in [0.15, 0.2) is 12.1 Å². The van der Waals surface area contributed by atoms with Gasteiger partial charge >= 0.3 is 0 Å². The Bertz CT molecular complexity index is 342. The fourth-order valence-corrected chi connectivity index (χ4v) is 2.11. The van der Waals surface area contributed by atoms with Gasteiger partial charge in [0.1, 0.15) is 5.75 Å². The zero-order valence-electron chi connectivity index (χ0n) is 8.68. The van der Waals surface area contributed by atoms with Crippen LogP contribution in [0.3, 0.4) is 0 Å². The molecule has 2 nitrogen and oxygen atoms in total. The van der Waals surface area contributed by atoms with Crippen LogP contribution in [0.5, 0.6) is 5.75 Å². The molecule has 84 valence electrons. The van der Waals surface area contributed by atoms with Crippen LogP contribution in [0.1, 0.15) is 18.1 Å². The van der Waals surface area contributed by atoms with Gasteiger partial charge in [0.2, 0.25) is 0 Å². The first kappa shape index (κ1) is 12.6. The van der Waals surface area contributed by atoms with E-state index in [1.807, 2.05) is 13.0 Å². The number of fused-ring (bicyclic) bond motifs is 1. The van der Waals surface area contributed by atoms with Crippen molar-refractivity contribution in [2.24, 2.45) is 0 Å². The molecule has 0 aromatic heterocycles. The third kappa shape index (κ3) is 2.57. The predicted octanol–water partition coefficient (Wildman–Crippen LogP) is 2.81. The lowest BCUT2D eigenvalue weighted by Gasteiger charge is -2.19. The van der Waals surface area contributed by atoms with Gasteiger partial charge in [-0.15, -0.1) is 12.4 Å². The minimum Gasteiger partial charge on any atom is -0.492 e. The summed E-state index contributed by atoms with van der Waals surface area (Å²) in [5.74, 6) is 0.815. The Labute approximate surface area is 101 Å². The number of benzene rings is 1. The van der Waals surface area contributed by atoms with Crippen LogP contribution >= 0.6 is 24.0 Å². The van der Waals surface area contributed by atoms with Crippen LogP contribution in [-0.4, -0.2) is 13.2 Å². The maximum Gasteiger partial charge on any atom is 0.138 e. The second kappa shape index (κ2) is 5.59. The second-order valence-corrected chi connectivity index (χ2v) is 3.75. The van der Waals surface area contributed by atoms with E-state index in [0.717, 1.165) is 30.3 Å². The van der Waals surface area contributed by atoms with Crippen molar-refractivity contribution < 1.29 is 4.74 Å². The molecule has 1 heterocycles. The largest absolute Gasteiger partial charge is 0.492 e. The van der Waals surface area contributed by atoms with Gasteiger partial charge in [0.25, 0.3) is 0 Å². The molecule has 0 amide bonds. The average molecular weight is 248 g/mol. The van der Waals surface area contributed by atoms with Crippen molar-refractivity contribution in [3.8, 4) is 5.75 Å². The van der Waals surface area contributed by atoms with Gasteiger partial charge in [0.15, 0.2) is 0 Å². The molecule has 4 heteroatoms. The van der Waals surface area contributed by atoms with Crippen LogP contribution in [0.4, 0.5) is 0 Å². The fourth-order valence-electron chi connectivity index (χ4n) is 1.78. The van der Waals surface area contributed by atoms with Gasteiger partial charge in [0.05, 0.1) is 11.6 Å². The van der Waals surface area contributed by atoms with Gasteiger partial charge in [-0.1, -0.05) is 17.7 Å². The van der Waals surface area contributed by atoms with Crippen molar-refractivity contribution >= 4 is 24.0 Å². The number of nitrogens with one attached hydrogen (secondary N) is 1. The smallest absolute Gasteiger partial charge is 0.138 e. The summed E-state index contributed by atoms with van der Waals surface area (Å²) in [5.41, 5.74) is 2.54. The average Bonchev–Trinajstić information content (AvgIpc) is 2.23. The molecule has 0 unspecified atom stereocenters. The highest BCUT2D eigenvalue weighted by Gasteiger charge is 2.15. The quantitative estimate of drug-likeness (QED) is 0.868. The summed E-state index contributed by atoms with van der Waals surface area (Å²) in [5, 5.41) is 4.12. The standard InChI is InChI=1S/C11H14ClNO.ClH/c1-2-14-10-4-3-8-7-13-6-5-9(8)11(10)12;/h3-4,13H,2,5-7H2,1H3;1H. The minimum atomic E-state index is 0. The lowest BCUT2D eigenvalue weighted by Crippen LogP contribution is -2.23. The van der Waals surface area contributed by atoms with Crippen molar-refractivity contribution in [1.29, 1.82) is 0 Å². The van der Waals surface area contributed by atoms with E-state index in [9.17, 15) is 0 Å². The number of halogens is 2. The molecule has 0 radical (unpaired) electrons. The summed E-state index contributed by atoms with van der Waals surface area (Å²) in [6.45, 7) is 4.55. The topological polar surface area (TPSA) is 21.3 Å². The van der Waals surface area contributed by atoms with Crippen molar-refractivity contribution in [3.05, 3.63) is 28.3 Å². The molecule has 0 spiro atoms. The molecule has 1 aliphatic rings. The lowest BCUT2D eigenvalue weighted by atomic mass is 10.0. The number of rotatable bonds is 2. The lowest BCUT2D eigenvalue weighted by molar-refractivity contribution is 0.339. The molecule has 0 saturated carbocycles. The highest BCUT2D eigenvalue weighted by molar-refractivity contribution is 6.33. The maximum absolute atomic E-state index is 6.25. The summed E-state index contributed by atoms with van der Waals surface area (Å²) >= 11 is 6.25. The van der Waals surface area contributed by atoms with Crippen LogP contribution < -0.4 is 10.1 Å². The summed E-state index contributed by atoms with van der Waals surface area (Å²) in [6.07, 6.45) is 0.995. The number of hydrogen-bond donors (Lipinski definition) is 1. The van der Waals surface area contributed by atoms with Gasteiger partial charge in [-0.25, -0.2) is 0 Å². The summed E-state index contributed by atoms with van der Waals surface area (Å²) in [4.78, 5) is 0. The predicted molar refractivity (Wildman–Crippen MR) is 65.3 cm³/mol. The van der Waals surface area contributed by atoms with E-state index in [4.69, 9.17) is 16.3 Å². The molecule has 1 aliphatic heterocycles. The van der Waals surface area contributed by atoms with E-state index in [-0.39, 0.29) is 12.4 Å². The molecule has 0 bridgehead atoms.